The molecule has 0 aliphatic carbocycles. The second kappa shape index (κ2) is 7.98. The zero-order valence-corrected chi connectivity index (χ0v) is 18.9. The lowest BCUT2D eigenvalue weighted by Crippen LogP contribution is -2.38. The van der Waals surface area contributed by atoms with Gasteiger partial charge in [-0.3, -0.25) is 0 Å². The molecule has 4 atom stereocenters. The third-order valence-corrected chi connectivity index (χ3v) is 7.84. The van der Waals surface area contributed by atoms with Crippen LogP contribution in [0.15, 0.2) is 45.3 Å². The average molecular weight is 506 g/mol. The van der Waals surface area contributed by atoms with Gasteiger partial charge in [-0.25, -0.2) is 0 Å². The largest absolute Gasteiger partial charge is 0.380 e. The highest BCUT2D eigenvalue weighted by molar-refractivity contribution is 9.11. The molecule has 4 aliphatic heterocycles. The zero-order chi connectivity index (χ0) is 19.1. The summed E-state index contributed by atoms with van der Waals surface area (Å²) in [5, 5.41) is 14.2. The Kier molecular flexibility index (Phi) is 5.39. The summed E-state index contributed by atoms with van der Waals surface area (Å²) >= 11 is 7.20. The van der Waals surface area contributed by atoms with E-state index in [1.807, 2.05) is 0 Å². The normalized spacial score (nSPS) is 29.2. The van der Waals surface area contributed by atoms with Gasteiger partial charge in [0.2, 0.25) is 0 Å². The van der Waals surface area contributed by atoms with Crippen molar-refractivity contribution in [3.05, 3.63) is 56.5 Å². The second-order valence-corrected chi connectivity index (χ2v) is 9.82. The summed E-state index contributed by atoms with van der Waals surface area (Å²) in [6.45, 7) is 4.50. The Labute approximate surface area is 183 Å². The monoisotopic (exact) mass is 504 g/mol. The molecule has 0 unspecified atom stereocenters. The summed E-state index contributed by atoms with van der Waals surface area (Å²) in [7, 11) is 0. The molecular weight excluding hydrogens is 480 g/mol. The first-order valence-corrected chi connectivity index (χ1v) is 11.8. The van der Waals surface area contributed by atoms with Crippen molar-refractivity contribution < 1.29 is 0 Å². The minimum absolute atomic E-state index is 0.643. The molecule has 0 spiro atoms. The molecule has 2 aromatic carbocycles. The Morgan fingerprint density at radius 2 is 1.14 bits per heavy atom. The van der Waals surface area contributed by atoms with Crippen molar-refractivity contribution in [3.63, 3.8) is 0 Å². The Bertz CT molecular complexity index is 800. The average Bonchev–Trinajstić information content (AvgIpc) is 3.29. The third kappa shape index (κ3) is 3.38. The van der Waals surface area contributed by atoms with Crippen LogP contribution in [0.5, 0.6) is 0 Å². The van der Waals surface area contributed by atoms with E-state index in [-0.39, 0.29) is 0 Å². The molecule has 4 N–H and O–H groups in total. The molecular formula is C22H26Br2N4. The van der Waals surface area contributed by atoms with E-state index in [2.05, 4.69) is 89.5 Å². The van der Waals surface area contributed by atoms with Gasteiger partial charge in [0.25, 0.3) is 0 Å². The van der Waals surface area contributed by atoms with Gasteiger partial charge in [0.05, 0.1) is 11.4 Å². The van der Waals surface area contributed by atoms with Crippen molar-refractivity contribution in [2.45, 2.75) is 36.8 Å². The lowest BCUT2D eigenvalue weighted by atomic mass is 9.91. The molecule has 4 aliphatic rings. The fourth-order valence-electron chi connectivity index (χ4n) is 5.09. The van der Waals surface area contributed by atoms with E-state index >= 15 is 0 Å². The number of para-hydroxylation sites is 2. The van der Waals surface area contributed by atoms with Crippen LogP contribution >= 0.6 is 31.9 Å². The van der Waals surface area contributed by atoms with Crippen LogP contribution in [0.1, 0.15) is 35.8 Å². The van der Waals surface area contributed by atoms with Gasteiger partial charge < -0.3 is 21.3 Å². The van der Waals surface area contributed by atoms with E-state index in [9.17, 15) is 0 Å². The SMILES string of the molecule is Brc1cccc2c1N[C@H]1CCNC[C@@H]21.Brc1cccc2c1N[C@H]1CCNC[C@@H]21. The minimum Gasteiger partial charge on any atom is -0.380 e. The molecule has 2 fully saturated rings. The van der Waals surface area contributed by atoms with Gasteiger partial charge in [0, 0.05) is 46.0 Å². The quantitative estimate of drug-likeness (QED) is 0.421. The molecule has 0 aromatic heterocycles. The highest BCUT2D eigenvalue weighted by Crippen LogP contribution is 2.43. The van der Waals surface area contributed by atoms with Gasteiger partial charge >= 0.3 is 0 Å². The van der Waals surface area contributed by atoms with Crippen LogP contribution in [0.3, 0.4) is 0 Å². The van der Waals surface area contributed by atoms with Gasteiger partial charge in [-0.1, -0.05) is 24.3 Å². The summed E-state index contributed by atoms with van der Waals surface area (Å²) in [5.41, 5.74) is 5.56. The van der Waals surface area contributed by atoms with Crippen LogP contribution in [0.25, 0.3) is 0 Å². The lowest BCUT2D eigenvalue weighted by Gasteiger charge is -2.26. The predicted molar refractivity (Wildman–Crippen MR) is 124 cm³/mol. The van der Waals surface area contributed by atoms with Crippen molar-refractivity contribution in [2.75, 3.05) is 36.8 Å². The van der Waals surface area contributed by atoms with Crippen molar-refractivity contribution in [2.24, 2.45) is 0 Å². The van der Waals surface area contributed by atoms with Crippen LogP contribution < -0.4 is 21.3 Å². The fourth-order valence-corrected chi connectivity index (χ4v) is 6.08. The maximum absolute atomic E-state index is 3.62. The van der Waals surface area contributed by atoms with E-state index in [1.165, 1.54) is 44.3 Å². The molecule has 4 nitrogen and oxygen atoms in total. The second-order valence-electron chi connectivity index (χ2n) is 8.11. The summed E-state index contributed by atoms with van der Waals surface area (Å²) in [6.07, 6.45) is 2.46. The lowest BCUT2D eigenvalue weighted by molar-refractivity contribution is 0.440. The topological polar surface area (TPSA) is 48.1 Å². The first-order valence-electron chi connectivity index (χ1n) is 10.2. The molecule has 4 heterocycles. The summed E-state index contributed by atoms with van der Waals surface area (Å²) in [4.78, 5) is 0. The van der Waals surface area contributed by atoms with Crippen molar-refractivity contribution >= 4 is 43.2 Å². The summed E-state index contributed by atoms with van der Waals surface area (Å²) in [5.74, 6) is 1.33. The van der Waals surface area contributed by atoms with Crippen molar-refractivity contribution in [1.29, 1.82) is 0 Å². The van der Waals surface area contributed by atoms with E-state index in [0.29, 0.717) is 23.9 Å². The standard InChI is InChI=1S/2C11H13BrN2/c2*12-9-3-1-2-7-8-6-13-5-4-10(8)14-11(7)9/h2*1-3,8,10,13-14H,4-6H2/t2*8-,10-/m00/s1. The number of piperidine rings is 2. The Balaban J connectivity index is 0.000000122. The molecule has 6 rings (SSSR count). The number of nitrogens with one attached hydrogen (secondary N) is 4. The highest BCUT2D eigenvalue weighted by Gasteiger charge is 2.35. The Hall–Kier alpha value is -1.08. The van der Waals surface area contributed by atoms with E-state index in [0.717, 1.165) is 26.2 Å². The maximum Gasteiger partial charge on any atom is 0.0523 e. The van der Waals surface area contributed by atoms with Gasteiger partial charge in [-0.2, -0.15) is 0 Å². The third-order valence-electron chi connectivity index (χ3n) is 6.51. The molecule has 28 heavy (non-hydrogen) atoms. The van der Waals surface area contributed by atoms with Gasteiger partial charge in [0.1, 0.15) is 0 Å². The Morgan fingerprint density at radius 3 is 1.61 bits per heavy atom. The molecule has 0 bridgehead atoms. The molecule has 6 heteroatoms. The number of rotatable bonds is 0. The maximum atomic E-state index is 3.62. The van der Waals surface area contributed by atoms with Crippen molar-refractivity contribution in [1.82, 2.24) is 10.6 Å². The van der Waals surface area contributed by atoms with E-state index in [1.54, 1.807) is 0 Å². The number of hydrogen-bond donors (Lipinski definition) is 4. The van der Waals surface area contributed by atoms with Crippen LogP contribution in [0.2, 0.25) is 0 Å². The van der Waals surface area contributed by atoms with E-state index in [4.69, 9.17) is 0 Å². The molecule has 0 saturated carbocycles. The van der Waals surface area contributed by atoms with Crippen LogP contribution in [0, 0.1) is 0 Å². The first-order chi connectivity index (χ1) is 13.7. The summed E-state index contributed by atoms with van der Waals surface area (Å²) < 4.78 is 2.40. The van der Waals surface area contributed by atoms with Gasteiger partial charge in [0.15, 0.2) is 0 Å². The van der Waals surface area contributed by atoms with Gasteiger partial charge in [-0.15, -0.1) is 0 Å². The van der Waals surface area contributed by atoms with Crippen molar-refractivity contribution in [3.8, 4) is 0 Å². The smallest absolute Gasteiger partial charge is 0.0523 e. The predicted octanol–water partition coefficient (Wildman–Crippen LogP) is 4.64. The van der Waals surface area contributed by atoms with Crippen LogP contribution in [-0.2, 0) is 0 Å². The molecule has 0 amide bonds. The number of halogens is 2. The molecule has 148 valence electrons. The van der Waals surface area contributed by atoms with Crippen LogP contribution in [-0.4, -0.2) is 38.3 Å². The molecule has 2 saturated heterocycles. The highest BCUT2D eigenvalue weighted by atomic mass is 79.9. The number of benzene rings is 2. The van der Waals surface area contributed by atoms with Crippen LogP contribution in [0.4, 0.5) is 11.4 Å². The number of hydrogen-bond acceptors (Lipinski definition) is 4. The first kappa shape index (κ1) is 18.9. The van der Waals surface area contributed by atoms with Gasteiger partial charge in [-0.05, 0) is 81.1 Å². The fraction of sp³-hybridized carbons (Fsp3) is 0.455. The number of anilines is 2. The van der Waals surface area contributed by atoms with E-state index < -0.39 is 0 Å². The summed E-state index contributed by atoms with van der Waals surface area (Å²) in [6, 6.07) is 14.2. The number of fused-ring (bicyclic) bond motifs is 6. The molecule has 0 radical (unpaired) electrons. The molecule has 2 aromatic rings. The minimum atomic E-state index is 0.643. The zero-order valence-electron chi connectivity index (χ0n) is 15.8. The Morgan fingerprint density at radius 1 is 0.679 bits per heavy atom.